The minimum Gasteiger partial charge on any atom is -0.349 e. The van der Waals surface area contributed by atoms with Crippen LogP contribution in [0.1, 0.15) is 30.1 Å². The molecule has 1 saturated carbocycles. The van der Waals surface area contributed by atoms with Gasteiger partial charge in [-0.25, -0.2) is 0 Å². The molecule has 1 N–H and O–H groups in total. The van der Waals surface area contributed by atoms with Gasteiger partial charge >= 0.3 is 0 Å². The zero-order chi connectivity index (χ0) is 10.1. The first-order valence-electron chi connectivity index (χ1n) is 4.75. The summed E-state index contributed by atoms with van der Waals surface area (Å²) >= 11 is 3.85. The Balaban J connectivity index is 1.91. The fourth-order valence-corrected chi connectivity index (χ4v) is 2.88. The average molecular weight is 321 g/mol. The van der Waals surface area contributed by atoms with Gasteiger partial charge in [-0.3, -0.25) is 4.79 Å². The van der Waals surface area contributed by atoms with Gasteiger partial charge in [-0.15, -0.1) is 11.3 Å². The Morgan fingerprint density at radius 3 is 3.07 bits per heavy atom. The van der Waals surface area contributed by atoms with Crippen LogP contribution in [0.4, 0.5) is 0 Å². The second kappa shape index (κ2) is 4.18. The molecule has 4 heteroatoms. The Kier molecular flexibility index (Phi) is 3.11. The van der Waals surface area contributed by atoms with Gasteiger partial charge in [0.1, 0.15) is 0 Å². The van der Waals surface area contributed by atoms with E-state index in [0.717, 1.165) is 20.8 Å². The number of halogens is 1. The molecule has 1 aromatic rings. The lowest BCUT2D eigenvalue weighted by atomic mass is 10.3. The van der Waals surface area contributed by atoms with Gasteiger partial charge in [-0.2, -0.15) is 0 Å². The van der Waals surface area contributed by atoms with Crippen molar-refractivity contribution in [1.82, 2.24) is 5.32 Å². The highest BCUT2D eigenvalue weighted by Gasteiger charge is 2.36. The molecule has 1 amide bonds. The van der Waals surface area contributed by atoms with E-state index in [1.807, 2.05) is 11.4 Å². The third-order valence-electron chi connectivity index (χ3n) is 2.59. The third kappa shape index (κ3) is 2.28. The Labute approximate surface area is 101 Å². The van der Waals surface area contributed by atoms with Gasteiger partial charge in [-0.05, 0) is 41.0 Å². The van der Waals surface area contributed by atoms with Gasteiger partial charge in [0.15, 0.2) is 0 Å². The third-order valence-corrected chi connectivity index (χ3v) is 4.38. The number of carbonyl (C=O) groups is 1. The summed E-state index contributed by atoms with van der Waals surface area (Å²) < 4.78 is 1.16. The molecule has 14 heavy (non-hydrogen) atoms. The Hall–Kier alpha value is -0.100. The van der Waals surface area contributed by atoms with Crippen LogP contribution in [0.5, 0.6) is 0 Å². The molecular formula is C10H12INOS. The minimum absolute atomic E-state index is 0.0881. The Morgan fingerprint density at radius 1 is 1.79 bits per heavy atom. The topological polar surface area (TPSA) is 29.1 Å². The second-order valence-electron chi connectivity index (χ2n) is 3.62. The lowest BCUT2D eigenvalue weighted by molar-refractivity contribution is 0.0949. The monoisotopic (exact) mass is 321 g/mol. The first-order chi connectivity index (χ1) is 6.70. The summed E-state index contributed by atoms with van der Waals surface area (Å²) in [5.74, 6) is 0.807. The van der Waals surface area contributed by atoms with Crippen molar-refractivity contribution in [3.8, 4) is 0 Å². The van der Waals surface area contributed by atoms with Crippen molar-refractivity contribution in [2.45, 2.75) is 25.8 Å². The predicted molar refractivity (Wildman–Crippen MR) is 66.7 cm³/mol. The number of hydrogen-bond donors (Lipinski definition) is 1. The number of thiophene rings is 1. The smallest absolute Gasteiger partial charge is 0.252 e. The normalized spacial score (nSPS) is 24.7. The van der Waals surface area contributed by atoms with E-state index in [-0.39, 0.29) is 5.91 Å². The number of hydrogen-bond acceptors (Lipinski definition) is 2. The Morgan fingerprint density at radius 2 is 2.57 bits per heavy atom. The summed E-state index contributed by atoms with van der Waals surface area (Å²) in [6.45, 7) is 2.17. The van der Waals surface area contributed by atoms with Crippen LogP contribution in [0, 0.1) is 8.80 Å². The van der Waals surface area contributed by atoms with Gasteiger partial charge in [-0.1, -0.05) is 13.3 Å². The van der Waals surface area contributed by atoms with E-state index in [2.05, 4.69) is 34.8 Å². The number of carbonyl (C=O) groups excluding carboxylic acids is 1. The molecule has 1 fully saturated rings. The fourth-order valence-electron chi connectivity index (χ4n) is 1.56. The largest absolute Gasteiger partial charge is 0.349 e. The lowest BCUT2D eigenvalue weighted by Gasteiger charge is -2.01. The summed E-state index contributed by atoms with van der Waals surface area (Å²) in [6.07, 6.45) is 2.33. The van der Waals surface area contributed by atoms with Crippen molar-refractivity contribution in [3.05, 3.63) is 19.9 Å². The molecule has 0 radical (unpaired) electrons. The molecule has 1 heterocycles. The highest BCUT2D eigenvalue weighted by Crippen LogP contribution is 2.33. The van der Waals surface area contributed by atoms with Crippen LogP contribution in [0.15, 0.2) is 11.4 Å². The molecule has 0 spiro atoms. The van der Waals surface area contributed by atoms with Crippen LogP contribution >= 0.6 is 33.9 Å². The maximum absolute atomic E-state index is 11.7. The van der Waals surface area contributed by atoms with Gasteiger partial charge in [0.25, 0.3) is 5.91 Å². The Bertz CT molecular complexity index is 350. The van der Waals surface area contributed by atoms with Crippen molar-refractivity contribution < 1.29 is 4.79 Å². The maximum Gasteiger partial charge on any atom is 0.252 e. The molecule has 0 bridgehead atoms. The number of rotatable bonds is 3. The number of amides is 1. The van der Waals surface area contributed by atoms with Crippen molar-refractivity contribution in [2.24, 2.45) is 5.92 Å². The lowest BCUT2D eigenvalue weighted by Crippen LogP contribution is -2.26. The van der Waals surface area contributed by atoms with Crippen LogP contribution in [0.2, 0.25) is 0 Å². The summed E-state index contributed by atoms with van der Waals surface area (Å²) in [6, 6.07) is 2.37. The van der Waals surface area contributed by atoms with Crippen LogP contribution in [0.25, 0.3) is 0 Å². The van der Waals surface area contributed by atoms with E-state index in [4.69, 9.17) is 0 Å². The molecule has 0 aromatic carbocycles. The van der Waals surface area contributed by atoms with E-state index in [0.29, 0.717) is 6.04 Å². The molecule has 0 aliphatic heterocycles. The molecular weight excluding hydrogens is 309 g/mol. The first-order valence-corrected chi connectivity index (χ1v) is 6.71. The number of nitrogens with one attached hydrogen (secondary N) is 1. The van der Waals surface area contributed by atoms with Crippen molar-refractivity contribution >= 4 is 39.8 Å². The van der Waals surface area contributed by atoms with Crippen LogP contribution in [-0.2, 0) is 0 Å². The van der Waals surface area contributed by atoms with Crippen molar-refractivity contribution in [3.63, 3.8) is 0 Å². The average Bonchev–Trinajstić information content (AvgIpc) is 2.77. The van der Waals surface area contributed by atoms with Gasteiger partial charge in [0, 0.05) is 11.4 Å². The second-order valence-corrected chi connectivity index (χ2v) is 6.43. The van der Waals surface area contributed by atoms with E-state index in [1.54, 1.807) is 11.3 Å². The minimum atomic E-state index is 0.0881. The summed E-state index contributed by atoms with van der Waals surface area (Å²) in [4.78, 5) is 11.7. The zero-order valence-corrected chi connectivity index (χ0v) is 10.9. The highest BCUT2D eigenvalue weighted by molar-refractivity contribution is 14.1. The highest BCUT2D eigenvalue weighted by atomic mass is 127. The van der Waals surface area contributed by atoms with Crippen molar-refractivity contribution in [2.75, 3.05) is 0 Å². The molecule has 2 rings (SSSR count). The molecule has 0 saturated heterocycles. The molecule has 1 aliphatic rings. The van der Waals surface area contributed by atoms with Crippen LogP contribution in [-0.4, -0.2) is 11.9 Å². The first kappa shape index (κ1) is 10.4. The van der Waals surface area contributed by atoms with Gasteiger partial charge in [0.2, 0.25) is 0 Å². The molecule has 76 valence electrons. The van der Waals surface area contributed by atoms with Crippen LogP contribution < -0.4 is 5.32 Å². The molecule has 1 aliphatic carbocycles. The standard InChI is InChI=1S/C10H12INOS/c1-2-6-3-8(6)12-10(13)7-4-9(11)14-5-7/h4-6,8H,2-3H2,1H3,(H,12,13). The maximum atomic E-state index is 11.7. The van der Waals surface area contributed by atoms with Gasteiger partial charge < -0.3 is 5.32 Å². The molecule has 2 nitrogen and oxygen atoms in total. The zero-order valence-electron chi connectivity index (χ0n) is 7.92. The van der Waals surface area contributed by atoms with E-state index < -0.39 is 0 Å². The molecule has 1 aromatic heterocycles. The van der Waals surface area contributed by atoms with E-state index >= 15 is 0 Å². The molecule has 2 unspecified atom stereocenters. The van der Waals surface area contributed by atoms with Gasteiger partial charge in [0.05, 0.1) is 8.45 Å². The SMILES string of the molecule is CCC1CC1NC(=O)c1csc(I)c1. The quantitative estimate of drug-likeness (QED) is 0.852. The molecule has 2 atom stereocenters. The predicted octanol–water partition coefficient (Wildman–Crippen LogP) is 2.88. The van der Waals surface area contributed by atoms with E-state index in [1.165, 1.54) is 6.42 Å². The van der Waals surface area contributed by atoms with E-state index in [9.17, 15) is 4.79 Å². The summed E-state index contributed by atoms with van der Waals surface area (Å²) in [5, 5.41) is 4.97. The summed E-state index contributed by atoms with van der Waals surface area (Å²) in [5.41, 5.74) is 0.807. The summed E-state index contributed by atoms with van der Waals surface area (Å²) in [7, 11) is 0. The fraction of sp³-hybridized carbons (Fsp3) is 0.500. The van der Waals surface area contributed by atoms with Crippen LogP contribution in [0.3, 0.4) is 0 Å². The van der Waals surface area contributed by atoms with Crippen molar-refractivity contribution in [1.29, 1.82) is 0 Å².